The van der Waals surface area contributed by atoms with E-state index in [4.69, 9.17) is 10.8 Å². The maximum absolute atomic E-state index is 12.5. The molecule has 0 saturated carbocycles. The van der Waals surface area contributed by atoms with E-state index in [1.807, 2.05) is 6.92 Å². The van der Waals surface area contributed by atoms with Gasteiger partial charge in [-0.15, -0.1) is 0 Å². The van der Waals surface area contributed by atoms with Crippen LogP contribution in [0, 0.1) is 13.8 Å². The van der Waals surface area contributed by atoms with Crippen molar-refractivity contribution in [2.24, 2.45) is 0 Å². The number of aliphatic hydroxyl groups is 1. The van der Waals surface area contributed by atoms with Crippen LogP contribution < -0.4 is 10.5 Å². The molecule has 0 atom stereocenters. The van der Waals surface area contributed by atoms with Crippen molar-refractivity contribution in [3.8, 4) is 0 Å². The Bertz CT molecular complexity index is 753. The smallest absolute Gasteiger partial charge is 0.262 e. The first-order valence-electron chi connectivity index (χ1n) is 6.43. The third kappa shape index (κ3) is 3.34. The summed E-state index contributed by atoms with van der Waals surface area (Å²) in [5, 5.41) is 8.98. The lowest BCUT2D eigenvalue weighted by molar-refractivity contribution is 0.282. The predicted molar refractivity (Wildman–Crippen MR) is 83.5 cm³/mol. The minimum atomic E-state index is -3.70. The van der Waals surface area contributed by atoms with Crippen LogP contribution in [0.2, 0.25) is 0 Å². The standard InChI is InChI=1S/C15H18N2O3S/c1-10-7-13(16)8-15(11(10)2)21(19,20)17-14-5-3-12(9-18)4-6-14/h3-8,17-18H,9,16H2,1-2H3. The second-order valence-electron chi connectivity index (χ2n) is 4.92. The van der Waals surface area contributed by atoms with Crippen LogP contribution in [-0.4, -0.2) is 13.5 Å². The summed E-state index contributed by atoms with van der Waals surface area (Å²) in [6, 6.07) is 9.73. The molecule has 0 aliphatic rings. The molecule has 0 aliphatic carbocycles. The Morgan fingerprint density at radius 2 is 1.76 bits per heavy atom. The van der Waals surface area contributed by atoms with E-state index >= 15 is 0 Å². The molecule has 0 aromatic heterocycles. The van der Waals surface area contributed by atoms with Crippen molar-refractivity contribution in [1.82, 2.24) is 0 Å². The molecule has 6 heteroatoms. The van der Waals surface area contributed by atoms with Gasteiger partial charge >= 0.3 is 0 Å². The zero-order valence-electron chi connectivity index (χ0n) is 11.9. The van der Waals surface area contributed by atoms with Crippen molar-refractivity contribution in [1.29, 1.82) is 0 Å². The van der Waals surface area contributed by atoms with Crippen LogP contribution in [0.3, 0.4) is 0 Å². The zero-order valence-corrected chi connectivity index (χ0v) is 12.7. The van der Waals surface area contributed by atoms with Crippen molar-refractivity contribution in [2.75, 3.05) is 10.5 Å². The van der Waals surface area contributed by atoms with Gasteiger partial charge in [-0.1, -0.05) is 12.1 Å². The monoisotopic (exact) mass is 306 g/mol. The molecule has 2 rings (SSSR count). The summed E-state index contributed by atoms with van der Waals surface area (Å²) < 4.78 is 27.4. The van der Waals surface area contributed by atoms with Crippen LogP contribution in [0.25, 0.3) is 0 Å². The van der Waals surface area contributed by atoms with Crippen LogP contribution in [0.1, 0.15) is 16.7 Å². The number of hydrogen-bond donors (Lipinski definition) is 3. The van der Waals surface area contributed by atoms with E-state index in [-0.39, 0.29) is 11.5 Å². The molecule has 2 aromatic carbocycles. The molecule has 0 heterocycles. The number of nitrogens with two attached hydrogens (primary N) is 1. The highest BCUT2D eigenvalue weighted by Crippen LogP contribution is 2.24. The van der Waals surface area contributed by atoms with Gasteiger partial charge in [-0.2, -0.15) is 0 Å². The maximum Gasteiger partial charge on any atom is 0.262 e. The summed E-state index contributed by atoms with van der Waals surface area (Å²) in [5.41, 5.74) is 8.80. The molecule has 0 amide bonds. The molecule has 0 fully saturated rings. The first-order valence-corrected chi connectivity index (χ1v) is 7.91. The highest BCUT2D eigenvalue weighted by Gasteiger charge is 2.18. The van der Waals surface area contributed by atoms with E-state index in [0.717, 1.165) is 5.56 Å². The van der Waals surface area contributed by atoms with Gasteiger partial charge in [0.2, 0.25) is 0 Å². The van der Waals surface area contributed by atoms with E-state index < -0.39 is 10.0 Å². The molecule has 112 valence electrons. The third-order valence-corrected chi connectivity index (χ3v) is 4.83. The quantitative estimate of drug-likeness (QED) is 0.755. The Hall–Kier alpha value is -2.05. The third-order valence-electron chi connectivity index (χ3n) is 3.32. The second kappa shape index (κ2) is 5.75. The summed E-state index contributed by atoms with van der Waals surface area (Å²) >= 11 is 0. The number of hydrogen-bond acceptors (Lipinski definition) is 4. The van der Waals surface area contributed by atoms with Gasteiger partial charge in [-0.05, 0) is 54.8 Å². The minimum absolute atomic E-state index is 0.0828. The molecule has 0 saturated heterocycles. The number of nitrogen functional groups attached to an aromatic ring is 1. The van der Waals surface area contributed by atoms with Gasteiger partial charge in [0.1, 0.15) is 0 Å². The average molecular weight is 306 g/mol. The number of anilines is 2. The molecule has 0 radical (unpaired) electrons. The number of nitrogens with one attached hydrogen (secondary N) is 1. The summed E-state index contributed by atoms with van der Waals surface area (Å²) in [6.07, 6.45) is 0. The summed E-state index contributed by atoms with van der Waals surface area (Å²) in [4.78, 5) is 0.172. The molecule has 2 aromatic rings. The Labute approximate surface area is 124 Å². The van der Waals surface area contributed by atoms with Gasteiger partial charge in [-0.25, -0.2) is 8.42 Å². The Balaban J connectivity index is 2.38. The lowest BCUT2D eigenvalue weighted by Crippen LogP contribution is -2.15. The van der Waals surface area contributed by atoms with E-state index in [1.54, 1.807) is 37.3 Å². The van der Waals surface area contributed by atoms with Crippen LogP contribution in [0.5, 0.6) is 0 Å². The summed E-state index contributed by atoms with van der Waals surface area (Å²) in [5.74, 6) is 0. The predicted octanol–water partition coefficient (Wildman–Crippen LogP) is 2.18. The molecule has 0 spiro atoms. The molecule has 5 nitrogen and oxygen atoms in total. The first-order chi connectivity index (χ1) is 9.83. The molecule has 4 N–H and O–H groups in total. The number of rotatable bonds is 4. The Kier molecular flexibility index (Phi) is 4.20. The minimum Gasteiger partial charge on any atom is -0.399 e. The fourth-order valence-electron chi connectivity index (χ4n) is 2.02. The molecule has 0 bridgehead atoms. The Morgan fingerprint density at radius 1 is 1.14 bits per heavy atom. The maximum atomic E-state index is 12.5. The second-order valence-corrected chi connectivity index (χ2v) is 6.57. The van der Waals surface area contributed by atoms with Gasteiger partial charge in [-0.3, -0.25) is 4.72 Å². The molecule has 21 heavy (non-hydrogen) atoms. The summed E-state index contributed by atoms with van der Waals surface area (Å²) in [6.45, 7) is 3.49. The highest BCUT2D eigenvalue weighted by atomic mass is 32.2. The summed E-state index contributed by atoms with van der Waals surface area (Å²) in [7, 11) is -3.70. The van der Waals surface area contributed by atoms with Crippen molar-refractivity contribution < 1.29 is 13.5 Å². The van der Waals surface area contributed by atoms with Crippen molar-refractivity contribution in [3.05, 3.63) is 53.1 Å². The molecular formula is C15H18N2O3S. The normalized spacial score (nSPS) is 11.4. The first kappa shape index (κ1) is 15.3. The molecule has 0 unspecified atom stereocenters. The largest absolute Gasteiger partial charge is 0.399 e. The Morgan fingerprint density at radius 3 is 2.33 bits per heavy atom. The topological polar surface area (TPSA) is 92.4 Å². The zero-order chi connectivity index (χ0) is 15.6. The number of benzene rings is 2. The van der Waals surface area contributed by atoms with Gasteiger partial charge in [0, 0.05) is 11.4 Å². The van der Waals surface area contributed by atoms with Gasteiger partial charge in [0.05, 0.1) is 11.5 Å². The van der Waals surface area contributed by atoms with Gasteiger partial charge in [0.25, 0.3) is 10.0 Å². The van der Waals surface area contributed by atoms with Crippen molar-refractivity contribution >= 4 is 21.4 Å². The molecule has 0 aliphatic heterocycles. The van der Waals surface area contributed by atoms with E-state index in [0.29, 0.717) is 22.5 Å². The van der Waals surface area contributed by atoms with Crippen LogP contribution in [0.4, 0.5) is 11.4 Å². The fourth-order valence-corrected chi connectivity index (χ4v) is 3.43. The van der Waals surface area contributed by atoms with Gasteiger partial charge in [0.15, 0.2) is 0 Å². The fraction of sp³-hybridized carbons (Fsp3) is 0.200. The van der Waals surface area contributed by atoms with E-state index in [9.17, 15) is 8.42 Å². The lowest BCUT2D eigenvalue weighted by atomic mass is 10.1. The van der Waals surface area contributed by atoms with Crippen LogP contribution in [-0.2, 0) is 16.6 Å². The number of aliphatic hydroxyl groups excluding tert-OH is 1. The van der Waals surface area contributed by atoms with Crippen LogP contribution >= 0.6 is 0 Å². The number of sulfonamides is 1. The average Bonchev–Trinajstić information content (AvgIpc) is 2.43. The highest BCUT2D eigenvalue weighted by molar-refractivity contribution is 7.92. The van der Waals surface area contributed by atoms with E-state index in [2.05, 4.69) is 4.72 Å². The molecular weight excluding hydrogens is 288 g/mol. The number of aryl methyl sites for hydroxylation is 1. The van der Waals surface area contributed by atoms with Crippen molar-refractivity contribution in [3.63, 3.8) is 0 Å². The van der Waals surface area contributed by atoms with Crippen LogP contribution in [0.15, 0.2) is 41.3 Å². The lowest BCUT2D eigenvalue weighted by Gasteiger charge is -2.13. The SMILES string of the molecule is Cc1cc(N)cc(S(=O)(=O)Nc2ccc(CO)cc2)c1C. The van der Waals surface area contributed by atoms with Gasteiger partial charge < -0.3 is 10.8 Å². The van der Waals surface area contributed by atoms with Crippen molar-refractivity contribution in [2.45, 2.75) is 25.3 Å². The van der Waals surface area contributed by atoms with E-state index in [1.165, 1.54) is 6.07 Å².